The summed E-state index contributed by atoms with van der Waals surface area (Å²) in [4.78, 5) is 3.52. The number of thiophene rings is 1. The highest BCUT2D eigenvalue weighted by Crippen LogP contribution is 2.24. The van der Waals surface area contributed by atoms with Crippen LogP contribution in [0.15, 0.2) is 11.0 Å². The van der Waals surface area contributed by atoms with Gasteiger partial charge in [-0.05, 0) is 19.9 Å². The van der Waals surface area contributed by atoms with Crippen LogP contribution in [0.2, 0.25) is 0 Å². The van der Waals surface area contributed by atoms with Crippen LogP contribution in [-0.2, 0) is 10.0 Å². The first-order chi connectivity index (χ1) is 7.33. The highest BCUT2D eigenvalue weighted by molar-refractivity contribution is 7.89. The Balaban J connectivity index is 2.75. The Bertz CT molecular complexity index is 449. The zero-order chi connectivity index (χ0) is 12.3. The number of rotatable bonds is 5. The van der Waals surface area contributed by atoms with E-state index in [0.29, 0.717) is 11.4 Å². The van der Waals surface area contributed by atoms with Gasteiger partial charge in [0.25, 0.3) is 0 Å². The Kier molecular flexibility index (Phi) is 4.49. The van der Waals surface area contributed by atoms with Crippen molar-refractivity contribution < 1.29 is 13.3 Å². The summed E-state index contributed by atoms with van der Waals surface area (Å²) >= 11 is 1.51. The Labute approximate surface area is 101 Å². The molecule has 0 amide bonds. The molecule has 92 valence electrons. The summed E-state index contributed by atoms with van der Waals surface area (Å²) in [6.07, 6.45) is 0. The number of aryl methyl sites for hydroxylation is 2. The third kappa shape index (κ3) is 3.55. The standard InChI is InChI=1S/C10H18N2O2S2/c1-8-7-10(9(2)15-8)16(13,14)11-5-6-12(3)4/h7,11H,5-6H2,1-4H3/p+1. The molecule has 0 saturated carbocycles. The van der Waals surface area contributed by atoms with E-state index in [-0.39, 0.29) is 0 Å². The fourth-order valence-corrected chi connectivity index (χ4v) is 3.97. The first-order valence-electron chi connectivity index (χ1n) is 5.18. The molecule has 4 nitrogen and oxygen atoms in total. The van der Waals surface area contributed by atoms with Gasteiger partial charge in [0.2, 0.25) is 10.0 Å². The maximum absolute atomic E-state index is 11.9. The molecule has 0 atom stereocenters. The zero-order valence-corrected chi connectivity index (χ0v) is 11.8. The largest absolute Gasteiger partial charge is 0.339 e. The first-order valence-corrected chi connectivity index (χ1v) is 7.48. The van der Waals surface area contributed by atoms with Crippen LogP contribution in [0, 0.1) is 13.8 Å². The second kappa shape index (κ2) is 5.27. The molecular weight excluding hydrogens is 244 g/mol. The SMILES string of the molecule is Cc1cc(S(=O)(=O)NCC[NH+](C)C)c(C)s1. The molecule has 6 heteroatoms. The van der Waals surface area contributed by atoms with E-state index in [4.69, 9.17) is 0 Å². The molecule has 0 fully saturated rings. The molecule has 1 aromatic heterocycles. The van der Waals surface area contributed by atoms with Gasteiger partial charge < -0.3 is 4.90 Å². The van der Waals surface area contributed by atoms with Crippen molar-refractivity contribution in [2.75, 3.05) is 27.2 Å². The summed E-state index contributed by atoms with van der Waals surface area (Å²) in [6, 6.07) is 1.73. The van der Waals surface area contributed by atoms with E-state index in [2.05, 4.69) is 4.72 Å². The van der Waals surface area contributed by atoms with Gasteiger partial charge in [-0.25, -0.2) is 13.1 Å². The van der Waals surface area contributed by atoms with Crippen molar-refractivity contribution in [2.24, 2.45) is 0 Å². The monoisotopic (exact) mass is 263 g/mol. The highest BCUT2D eigenvalue weighted by atomic mass is 32.2. The lowest BCUT2D eigenvalue weighted by Gasteiger charge is -2.08. The van der Waals surface area contributed by atoms with Crippen molar-refractivity contribution in [1.29, 1.82) is 0 Å². The lowest BCUT2D eigenvalue weighted by molar-refractivity contribution is -0.856. The topological polar surface area (TPSA) is 50.6 Å². The predicted octanol–water partition coefficient (Wildman–Crippen LogP) is -0.212. The van der Waals surface area contributed by atoms with Gasteiger partial charge in [-0.3, -0.25) is 0 Å². The number of likely N-dealkylation sites (N-methyl/N-ethyl adjacent to an activating group) is 1. The summed E-state index contributed by atoms with van der Waals surface area (Å²) < 4.78 is 26.5. The van der Waals surface area contributed by atoms with Crippen molar-refractivity contribution >= 4 is 21.4 Å². The predicted molar refractivity (Wildman–Crippen MR) is 66.7 cm³/mol. The van der Waals surface area contributed by atoms with Crippen LogP contribution in [0.4, 0.5) is 0 Å². The van der Waals surface area contributed by atoms with Gasteiger partial charge in [0.15, 0.2) is 0 Å². The number of hydrogen-bond acceptors (Lipinski definition) is 3. The third-order valence-corrected chi connectivity index (χ3v) is 4.88. The summed E-state index contributed by atoms with van der Waals surface area (Å²) in [6.45, 7) is 5.00. The van der Waals surface area contributed by atoms with E-state index < -0.39 is 10.0 Å². The maximum atomic E-state index is 11.9. The summed E-state index contributed by atoms with van der Waals surface area (Å²) in [5, 5.41) is 0. The van der Waals surface area contributed by atoms with E-state index >= 15 is 0 Å². The first kappa shape index (κ1) is 13.6. The summed E-state index contributed by atoms with van der Waals surface area (Å²) in [5.74, 6) is 0. The van der Waals surface area contributed by atoms with Gasteiger partial charge >= 0.3 is 0 Å². The lowest BCUT2D eigenvalue weighted by Crippen LogP contribution is -3.06. The van der Waals surface area contributed by atoms with E-state index in [9.17, 15) is 8.42 Å². The molecule has 0 aliphatic rings. The molecule has 0 unspecified atom stereocenters. The molecule has 0 aliphatic heterocycles. The molecule has 0 saturated heterocycles. The van der Waals surface area contributed by atoms with Crippen molar-refractivity contribution in [3.05, 3.63) is 15.8 Å². The Morgan fingerprint density at radius 3 is 2.44 bits per heavy atom. The lowest BCUT2D eigenvalue weighted by atomic mass is 10.4. The Morgan fingerprint density at radius 1 is 1.38 bits per heavy atom. The minimum Gasteiger partial charge on any atom is -0.339 e. The smallest absolute Gasteiger partial charge is 0.241 e. The van der Waals surface area contributed by atoms with Crippen LogP contribution >= 0.6 is 11.3 Å². The molecule has 0 radical (unpaired) electrons. The van der Waals surface area contributed by atoms with Gasteiger partial charge in [-0.15, -0.1) is 11.3 Å². The van der Waals surface area contributed by atoms with Gasteiger partial charge in [-0.1, -0.05) is 0 Å². The zero-order valence-electron chi connectivity index (χ0n) is 10.1. The van der Waals surface area contributed by atoms with Crippen LogP contribution in [0.5, 0.6) is 0 Å². The van der Waals surface area contributed by atoms with E-state index in [1.807, 2.05) is 27.9 Å². The van der Waals surface area contributed by atoms with Gasteiger partial charge in [-0.2, -0.15) is 0 Å². The average Bonchev–Trinajstić information content (AvgIpc) is 2.44. The second-order valence-corrected chi connectivity index (χ2v) is 7.33. The summed E-state index contributed by atoms with van der Waals surface area (Å²) in [7, 11) is 0.670. The van der Waals surface area contributed by atoms with Gasteiger partial charge in [0.05, 0.1) is 32.1 Å². The molecule has 0 aliphatic carbocycles. The molecule has 0 aromatic carbocycles. The number of hydrogen-bond donors (Lipinski definition) is 2. The van der Waals surface area contributed by atoms with Gasteiger partial charge in [0.1, 0.15) is 0 Å². The highest BCUT2D eigenvalue weighted by Gasteiger charge is 2.18. The fourth-order valence-electron chi connectivity index (χ4n) is 1.39. The van der Waals surface area contributed by atoms with Crippen LogP contribution in [0.25, 0.3) is 0 Å². The fraction of sp³-hybridized carbons (Fsp3) is 0.600. The third-order valence-electron chi connectivity index (χ3n) is 2.20. The average molecular weight is 263 g/mol. The summed E-state index contributed by atoms with van der Waals surface area (Å²) in [5.41, 5.74) is 0. The Morgan fingerprint density at radius 2 is 2.00 bits per heavy atom. The van der Waals surface area contributed by atoms with Crippen LogP contribution in [0.1, 0.15) is 9.75 Å². The van der Waals surface area contributed by atoms with E-state index in [0.717, 1.165) is 16.3 Å². The molecule has 2 N–H and O–H groups in total. The van der Waals surface area contributed by atoms with Crippen molar-refractivity contribution in [2.45, 2.75) is 18.7 Å². The van der Waals surface area contributed by atoms with Crippen LogP contribution < -0.4 is 9.62 Å². The molecule has 1 aromatic rings. The van der Waals surface area contributed by atoms with Crippen LogP contribution in [0.3, 0.4) is 0 Å². The van der Waals surface area contributed by atoms with Crippen molar-refractivity contribution in [3.8, 4) is 0 Å². The molecule has 1 heterocycles. The number of quaternary nitrogens is 1. The molecule has 16 heavy (non-hydrogen) atoms. The molecule has 0 bridgehead atoms. The van der Waals surface area contributed by atoms with Crippen molar-refractivity contribution in [1.82, 2.24) is 4.72 Å². The van der Waals surface area contributed by atoms with E-state index in [1.54, 1.807) is 6.07 Å². The molecule has 0 spiro atoms. The maximum Gasteiger partial charge on any atom is 0.241 e. The van der Waals surface area contributed by atoms with Crippen LogP contribution in [-0.4, -0.2) is 35.6 Å². The number of nitrogens with one attached hydrogen (secondary N) is 2. The van der Waals surface area contributed by atoms with Gasteiger partial charge in [0, 0.05) is 9.75 Å². The molecular formula is C10H19N2O2S2+. The van der Waals surface area contributed by atoms with Crippen molar-refractivity contribution in [3.63, 3.8) is 0 Å². The minimum absolute atomic E-state index is 0.420. The number of sulfonamides is 1. The second-order valence-electron chi connectivity index (χ2n) is 4.13. The Hall–Kier alpha value is -0.430. The quantitative estimate of drug-likeness (QED) is 0.772. The van der Waals surface area contributed by atoms with E-state index in [1.165, 1.54) is 16.2 Å². The normalized spacial score (nSPS) is 12.3. The molecule has 1 rings (SSSR count). The minimum atomic E-state index is -3.32.